The molecule has 0 aromatic carbocycles. The van der Waals surface area contributed by atoms with Gasteiger partial charge in [0.05, 0.1) is 18.8 Å². The van der Waals surface area contributed by atoms with Crippen molar-refractivity contribution < 1.29 is 9.53 Å². The standard InChI is InChI=1S/C15H31N3O2/c1-5-15(4,16)14(19)17-11-13(10-12(2)3)18-6-8-20-9-7-18/h12-13H,5-11,16H2,1-4H3,(H,17,19). The summed E-state index contributed by atoms with van der Waals surface area (Å²) in [5, 5.41) is 3.03. The van der Waals surface area contributed by atoms with Crippen LogP contribution in [0.25, 0.3) is 0 Å². The van der Waals surface area contributed by atoms with Crippen molar-refractivity contribution in [2.45, 2.75) is 52.1 Å². The van der Waals surface area contributed by atoms with Crippen molar-refractivity contribution in [1.29, 1.82) is 0 Å². The number of carbonyl (C=O) groups excluding carboxylic acids is 1. The molecule has 1 saturated heterocycles. The van der Waals surface area contributed by atoms with Gasteiger partial charge in [-0.3, -0.25) is 9.69 Å². The zero-order valence-electron chi connectivity index (χ0n) is 13.4. The first kappa shape index (κ1) is 17.4. The van der Waals surface area contributed by atoms with E-state index in [4.69, 9.17) is 10.5 Å². The molecule has 3 N–H and O–H groups in total. The van der Waals surface area contributed by atoms with Crippen LogP contribution in [0, 0.1) is 5.92 Å². The van der Waals surface area contributed by atoms with Crippen molar-refractivity contribution in [2.75, 3.05) is 32.8 Å². The quantitative estimate of drug-likeness (QED) is 0.731. The van der Waals surface area contributed by atoms with Crippen LogP contribution in [0.1, 0.15) is 40.5 Å². The lowest BCUT2D eigenvalue weighted by atomic mass is 9.98. The highest BCUT2D eigenvalue weighted by Gasteiger charge is 2.28. The maximum absolute atomic E-state index is 12.1. The van der Waals surface area contributed by atoms with Gasteiger partial charge in [-0.15, -0.1) is 0 Å². The second kappa shape index (κ2) is 7.96. The van der Waals surface area contributed by atoms with Gasteiger partial charge in [-0.1, -0.05) is 20.8 Å². The van der Waals surface area contributed by atoms with E-state index in [0.29, 0.717) is 24.9 Å². The van der Waals surface area contributed by atoms with E-state index >= 15 is 0 Å². The maximum atomic E-state index is 12.1. The zero-order valence-corrected chi connectivity index (χ0v) is 13.4. The normalized spacial score (nSPS) is 21.5. The molecule has 2 unspecified atom stereocenters. The van der Waals surface area contributed by atoms with Gasteiger partial charge in [-0.05, 0) is 25.7 Å². The van der Waals surface area contributed by atoms with Gasteiger partial charge in [-0.2, -0.15) is 0 Å². The highest BCUT2D eigenvalue weighted by molar-refractivity contribution is 5.85. The molecule has 0 aromatic rings. The molecule has 118 valence electrons. The number of hydrogen-bond donors (Lipinski definition) is 2. The summed E-state index contributed by atoms with van der Waals surface area (Å²) in [5.41, 5.74) is 5.21. The Balaban J connectivity index is 2.54. The number of nitrogens with two attached hydrogens (primary N) is 1. The van der Waals surface area contributed by atoms with E-state index in [2.05, 4.69) is 24.1 Å². The van der Waals surface area contributed by atoms with Gasteiger partial charge >= 0.3 is 0 Å². The first-order valence-electron chi connectivity index (χ1n) is 7.75. The number of nitrogens with zero attached hydrogens (tertiary/aromatic N) is 1. The summed E-state index contributed by atoms with van der Waals surface area (Å²) in [6, 6.07) is 0.371. The molecule has 2 atom stereocenters. The third-order valence-corrected chi connectivity index (χ3v) is 4.06. The van der Waals surface area contributed by atoms with Crippen LogP contribution < -0.4 is 11.1 Å². The molecule has 5 nitrogen and oxygen atoms in total. The van der Waals surface area contributed by atoms with Gasteiger partial charge in [0.2, 0.25) is 5.91 Å². The Hall–Kier alpha value is -0.650. The molecule has 20 heavy (non-hydrogen) atoms. The van der Waals surface area contributed by atoms with Crippen LogP contribution in [0.2, 0.25) is 0 Å². The number of nitrogens with one attached hydrogen (secondary N) is 1. The highest BCUT2D eigenvalue weighted by Crippen LogP contribution is 2.13. The van der Waals surface area contributed by atoms with E-state index in [1.165, 1.54) is 0 Å². The van der Waals surface area contributed by atoms with Gasteiger partial charge < -0.3 is 15.8 Å². The molecule has 0 spiro atoms. The lowest BCUT2D eigenvalue weighted by Gasteiger charge is -2.36. The Morgan fingerprint density at radius 3 is 2.50 bits per heavy atom. The molecule has 0 saturated carbocycles. The average molecular weight is 285 g/mol. The number of rotatable bonds is 7. The average Bonchev–Trinajstić information content (AvgIpc) is 2.43. The van der Waals surface area contributed by atoms with Crippen LogP contribution in [0.5, 0.6) is 0 Å². The van der Waals surface area contributed by atoms with Crippen molar-refractivity contribution in [2.24, 2.45) is 11.7 Å². The van der Waals surface area contributed by atoms with Crippen molar-refractivity contribution in [1.82, 2.24) is 10.2 Å². The highest BCUT2D eigenvalue weighted by atomic mass is 16.5. The van der Waals surface area contributed by atoms with Gasteiger partial charge in [0.1, 0.15) is 0 Å². The molecule has 1 aliphatic rings. The molecular weight excluding hydrogens is 254 g/mol. The molecular formula is C15H31N3O2. The molecule has 0 aliphatic carbocycles. The van der Waals surface area contributed by atoms with Crippen LogP contribution in [0.3, 0.4) is 0 Å². The first-order chi connectivity index (χ1) is 9.36. The van der Waals surface area contributed by atoms with Gasteiger partial charge in [0.25, 0.3) is 0 Å². The van der Waals surface area contributed by atoms with E-state index in [0.717, 1.165) is 32.7 Å². The third kappa shape index (κ3) is 5.38. The minimum Gasteiger partial charge on any atom is -0.379 e. The molecule has 1 fully saturated rings. The molecule has 1 aliphatic heterocycles. The maximum Gasteiger partial charge on any atom is 0.239 e. The number of morpholine rings is 1. The lowest BCUT2D eigenvalue weighted by molar-refractivity contribution is -0.126. The summed E-state index contributed by atoms with van der Waals surface area (Å²) in [6.45, 7) is 12.3. The smallest absolute Gasteiger partial charge is 0.239 e. The van der Waals surface area contributed by atoms with Crippen LogP contribution in [-0.4, -0.2) is 55.2 Å². The number of hydrogen-bond acceptors (Lipinski definition) is 4. The van der Waals surface area contributed by atoms with Crippen molar-refractivity contribution in [3.63, 3.8) is 0 Å². The Bertz CT molecular complexity index is 299. The fourth-order valence-corrected chi connectivity index (χ4v) is 2.42. The van der Waals surface area contributed by atoms with Crippen molar-refractivity contribution in [3.8, 4) is 0 Å². The van der Waals surface area contributed by atoms with Gasteiger partial charge in [0.15, 0.2) is 0 Å². The predicted molar refractivity (Wildman–Crippen MR) is 81.5 cm³/mol. The molecule has 0 aromatic heterocycles. The summed E-state index contributed by atoms with van der Waals surface area (Å²) >= 11 is 0. The fourth-order valence-electron chi connectivity index (χ4n) is 2.42. The lowest BCUT2D eigenvalue weighted by Crippen LogP contribution is -2.55. The second-order valence-corrected chi connectivity index (χ2v) is 6.41. The van der Waals surface area contributed by atoms with Crippen molar-refractivity contribution >= 4 is 5.91 Å². The molecule has 1 amide bonds. The molecule has 0 radical (unpaired) electrons. The van der Waals surface area contributed by atoms with E-state index in [9.17, 15) is 4.79 Å². The molecule has 1 rings (SSSR count). The summed E-state index contributed by atoms with van der Waals surface area (Å²) < 4.78 is 5.40. The zero-order chi connectivity index (χ0) is 15.2. The summed E-state index contributed by atoms with van der Waals surface area (Å²) in [6.07, 6.45) is 1.72. The Kier molecular flexibility index (Phi) is 6.92. The van der Waals surface area contributed by atoms with E-state index in [-0.39, 0.29) is 5.91 Å². The van der Waals surface area contributed by atoms with E-state index in [1.54, 1.807) is 6.92 Å². The number of ether oxygens (including phenoxy) is 1. The summed E-state index contributed by atoms with van der Waals surface area (Å²) in [4.78, 5) is 14.5. The van der Waals surface area contributed by atoms with E-state index < -0.39 is 5.54 Å². The molecule has 5 heteroatoms. The fraction of sp³-hybridized carbons (Fsp3) is 0.933. The Morgan fingerprint density at radius 1 is 1.40 bits per heavy atom. The molecule has 1 heterocycles. The van der Waals surface area contributed by atoms with Crippen LogP contribution in [-0.2, 0) is 9.53 Å². The van der Waals surface area contributed by atoms with Crippen LogP contribution >= 0.6 is 0 Å². The van der Waals surface area contributed by atoms with E-state index in [1.807, 2.05) is 6.92 Å². The minimum absolute atomic E-state index is 0.0537. The summed E-state index contributed by atoms with van der Waals surface area (Å²) in [7, 11) is 0. The van der Waals surface area contributed by atoms with Gasteiger partial charge in [-0.25, -0.2) is 0 Å². The third-order valence-electron chi connectivity index (χ3n) is 4.06. The second-order valence-electron chi connectivity index (χ2n) is 6.41. The largest absolute Gasteiger partial charge is 0.379 e. The monoisotopic (exact) mass is 285 g/mol. The number of amides is 1. The first-order valence-corrected chi connectivity index (χ1v) is 7.75. The Morgan fingerprint density at radius 2 is 2.00 bits per heavy atom. The predicted octanol–water partition coefficient (Wildman–Crippen LogP) is 0.977. The topological polar surface area (TPSA) is 67.6 Å². The van der Waals surface area contributed by atoms with Crippen LogP contribution in [0.4, 0.5) is 0 Å². The molecule has 0 bridgehead atoms. The Labute approximate surface area is 123 Å². The van der Waals surface area contributed by atoms with Crippen molar-refractivity contribution in [3.05, 3.63) is 0 Å². The van der Waals surface area contributed by atoms with Crippen LogP contribution in [0.15, 0.2) is 0 Å². The van der Waals surface area contributed by atoms with Gasteiger partial charge in [0, 0.05) is 25.7 Å². The SMILES string of the molecule is CCC(C)(N)C(=O)NCC(CC(C)C)N1CCOCC1. The number of carbonyl (C=O) groups is 1. The minimum atomic E-state index is -0.770. The summed E-state index contributed by atoms with van der Waals surface area (Å²) in [5.74, 6) is 0.553.